The number of cyclic esters (lactones) is 1. The fourth-order valence-corrected chi connectivity index (χ4v) is 11.0. The highest BCUT2D eigenvalue weighted by atomic mass is 16.6. The molecule has 5 aliphatic rings. The van der Waals surface area contributed by atoms with Crippen LogP contribution in [0.25, 0.3) is 0 Å². The average Bonchev–Trinajstić information content (AvgIpc) is 4.01. The van der Waals surface area contributed by atoms with E-state index in [1.165, 1.54) is 23.1 Å². The van der Waals surface area contributed by atoms with Gasteiger partial charge < -0.3 is 39.6 Å². The molecule has 4 saturated heterocycles. The Morgan fingerprint density at radius 2 is 1.40 bits per heavy atom. The number of piperazine rings is 1. The van der Waals surface area contributed by atoms with Crippen LogP contribution in [0.15, 0.2) is 146 Å². The number of phenols is 1. The van der Waals surface area contributed by atoms with Gasteiger partial charge in [0.15, 0.2) is 0 Å². The SMILES string of the molecule is C=CCOC(=O)[C@H]1[C@@H]2C(=O)O[C@@H](c3ccccc3)[C@@H](c3ccccc3)N2[C@@H](c2ccc(OCCOC(=O)[C@H]3C[C@H]4C(=O)NCC(=O)N4[C@H]3c3ccc(O)cc3)cc2)[C@]12C(=O)Nc1ccccc12. The van der Waals surface area contributed by atoms with Gasteiger partial charge in [0.25, 0.3) is 0 Å². The summed E-state index contributed by atoms with van der Waals surface area (Å²) in [4.78, 5) is 87.4. The lowest BCUT2D eigenvalue weighted by Crippen LogP contribution is -2.56. The molecular formula is C52H46N4O11. The summed E-state index contributed by atoms with van der Waals surface area (Å²) >= 11 is 0. The number of ether oxygens (including phenoxy) is 4. The number of hydrogen-bond donors (Lipinski definition) is 3. The molecule has 3 amide bonds. The van der Waals surface area contributed by atoms with Crippen LogP contribution >= 0.6 is 0 Å². The summed E-state index contributed by atoms with van der Waals surface area (Å²) in [5.41, 5.74) is 2.08. The Morgan fingerprint density at radius 1 is 0.746 bits per heavy atom. The Morgan fingerprint density at radius 3 is 2.12 bits per heavy atom. The summed E-state index contributed by atoms with van der Waals surface area (Å²) in [6, 6.07) is 34.8. The summed E-state index contributed by atoms with van der Waals surface area (Å²) in [7, 11) is 0. The summed E-state index contributed by atoms with van der Waals surface area (Å²) in [5.74, 6) is -4.96. The molecule has 10 rings (SSSR count). The van der Waals surface area contributed by atoms with E-state index in [1.54, 1.807) is 60.7 Å². The van der Waals surface area contributed by atoms with Gasteiger partial charge in [0, 0.05) is 5.69 Å². The molecule has 3 N–H and O–H groups in total. The Labute approximate surface area is 385 Å². The van der Waals surface area contributed by atoms with Crippen LogP contribution in [-0.4, -0.2) is 89.0 Å². The number of benzene rings is 5. The number of aromatic hydroxyl groups is 1. The summed E-state index contributed by atoms with van der Waals surface area (Å²) in [6.07, 6.45) is 0.665. The van der Waals surface area contributed by atoms with Crippen LogP contribution in [0.5, 0.6) is 11.5 Å². The number of morpholine rings is 1. The number of para-hydroxylation sites is 1. The largest absolute Gasteiger partial charge is 0.508 e. The lowest BCUT2D eigenvalue weighted by Gasteiger charge is -2.46. The molecule has 5 aliphatic heterocycles. The first-order chi connectivity index (χ1) is 32.6. The molecule has 0 radical (unpaired) electrons. The van der Waals surface area contributed by atoms with Crippen LogP contribution in [0, 0.1) is 11.8 Å². The normalized spacial score (nSPS) is 27.3. The smallest absolute Gasteiger partial charge is 0.325 e. The number of hydrogen-bond acceptors (Lipinski definition) is 12. The standard InChI is InChI=1S/C52H46N4O11/c1-2-25-65-49(61)41-44-50(62)67-45(32-13-7-4-8-14-32)43(30-11-5-3-6-12-30)56(44)46(52(41)37-15-9-10-16-38(37)54-51(52)63)33-19-23-35(24-20-33)64-26-27-66-48(60)36-28-39-47(59)53-29-40(58)55(39)42(36)31-17-21-34(57)22-18-31/h2-24,36,39,41-46,57H,1,25-29H2,(H,53,59)(H,54,63)/t36-,39-,41+,42-,43+,44+,45-,46-,52+/m0/s1. The van der Waals surface area contributed by atoms with E-state index in [2.05, 4.69) is 17.2 Å². The minimum Gasteiger partial charge on any atom is -0.508 e. The summed E-state index contributed by atoms with van der Waals surface area (Å²) < 4.78 is 24.0. The van der Waals surface area contributed by atoms with E-state index in [0.717, 1.165) is 11.1 Å². The van der Waals surface area contributed by atoms with Crippen molar-refractivity contribution in [2.45, 2.75) is 48.1 Å². The Balaban J connectivity index is 0.972. The second-order valence-electron chi connectivity index (χ2n) is 17.2. The molecule has 4 fully saturated rings. The number of fused-ring (bicyclic) bond motifs is 4. The molecule has 0 saturated carbocycles. The minimum atomic E-state index is -1.69. The number of nitrogens with one attached hydrogen (secondary N) is 2. The zero-order valence-electron chi connectivity index (χ0n) is 36.1. The molecule has 340 valence electrons. The Hall–Kier alpha value is -7.78. The van der Waals surface area contributed by atoms with Crippen molar-refractivity contribution in [2.24, 2.45) is 11.8 Å². The molecule has 1 spiro atoms. The van der Waals surface area contributed by atoms with Crippen molar-refractivity contribution in [3.63, 3.8) is 0 Å². The van der Waals surface area contributed by atoms with Crippen molar-refractivity contribution in [1.82, 2.24) is 15.1 Å². The van der Waals surface area contributed by atoms with Crippen molar-refractivity contribution in [3.05, 3.63) is 174 Å². The number of carbonyl (C=O) groups excluding carboxylic acids is 6. The second kappa shape index (κ2) is 17.5. The van der Waals surface area contributed by atoms with Gasteiger partial charge in [-0.05, 0) is 64.6 Å². The van der Waals surface area contributed by atoms with Gasteiger partial charge >= 0.3 is 17.9 Å². The molecule has 15 nitrogen and oxygen atoms in total. The van der Waals surface area contributed by atoms with Crippen LogP contribution in [0.2, 0.25) is 0 Å². The monoisotopic (exact) mass is 902 g/mol. The maximum absolute atomic E-state index is 15.1. The number of carbonyl (C=O) groups is 6. The molecule has 5 aromatic rings. The molecule has 0 aromatic heterocycles. The second-order valence-corrected chi connectivity index (χ2v) is 17.2. The van der Waals surface area contributed by atoms with Gasteiger partial charge in [-0.25, -0.2) is 0 Å². The van der Waals surface area contributed by atoms with E-state index in [9.17, 15) is 29.1 Å². The van der Waals surface area contributed by atoms with Crippen molar-refractivity contribution in [3.8, 4) is 11.5 Å². The van der Waals surface area contributed by atoms with Crippen LogP contribution in [0.4, 0.5) is 5.69 Å². The van der Waals surface area contributed by atoms with Gasteiger partial charge in [0.05, 0.1) is 30.6 Å². The van der Waals surface area contributed by atoms with Crippen molar-refractivity contribution in [2.75, 3.05) is 31.7 Å². The van der Waals surface area contributed by atoms with E-state index in [-0.39, 0.29) is 50.4 Å². The topological polar surface area (TPSA) is 190 Å². The van der Waals surface area contributed by atoms with E-state index < -0.39 is 77.4 Å². The van der Waals surface area contributed by atoms with Gasteiger partial charge in [0.1, 0.15) is 60.8 Å². The fraction of sp³-hybridized carbons (Fsp3) is 0.269. The van der Waals surface area contributed by atoms with E-state index in [0.29, 0.717) is 28.1 Å². The third-order valence-electron chi connectivity index (χ3n) is 13.6. The predicted molar refractivity (Wildman–Crippen MR) is 240 cm³/mol. The molecular weight excluding hydrogens is 857 g/mol. The number of nitrogens with zero attached hydrogens (tertiary/aromatic N) is 2. The van der Waals surface area contributed by atoms with Gasteiger partial charge in [-0.15, -0.1) is 0 Å². The zero-order valence-corrected chi connectivity index (χ0v) is 36.1. The van der Waals surface area contributed by atoms with E-state index in [4.69, 9.17) is 18.9 Å². The van der Waals surface area contributed by atoms with E-state index >= 15 is 4.79 Å². The lowest BCUT2D eigenvalue weighted by molar-refractivity contribution is -0.180. The third-order valence-corrected chi connectivity index (χ3v) is 13.6. The highest BCUT2D eigenvalue weighted by Crippen LogP contribution is 2.65. The molecule has 5 heterocycles. The molecule has 9 atom stereocenters. The predicted octanol–water partition coefficient (Wildman–Crippen LogP) is 5.40. The Bertz CT molecular complexity index is 2750. The number of amides is 3. The van der Waals surface area contributed by atoms with Crippen LogP contribution in [0.3, 0.4) is 0 Å². The highest BCUT2D eigenvalue weighted by Gasteiger charge is 2.74. The number of esters is 3. The molecule has 0 aliphatic carbocycles. The van der Waals surface area contributed by atoms with Crippen LogP contribution in [0.1, 0.15) is 58.5 Å². The number of anilines is 1. The van der Waals surface area contributed by atoms with Gasteiger partial charge in [-0.3, -0.25) is 33.7 Å². The van der Waals surface area contributed by atoms with Gasteiger partial charge in [0.2, 0.25) is 17.7 Å². The number of phenolic OH excluding ortho intramolecular Hbond substituents is 1. The maximum atomic E-state index is 15.1. The molecule has 5 aromatic carbocycles. The summed E-state index contributed by atoms with van der Waals surface area (Å²) in [5, 5.41) is 15.5. The fourth-order valence-electron chi connectivity index (χ4n) is 11.0. The van der Waals surface area contributed by atoms with Crippen molar-refractivity contribution < 1.29 is 52.8 Å². The average molecular weight is 903 g/mol. The summed E-state index contributed by atoms with van der Waals surface area (Å²) in [6.45, 7) is 3.19. The van der Waals surface area contributed by atoms with Gasteiger partial charge in [-0.1, -0.05) is 116 Å². The first-order valence-electron chi connectivity index (χ1n) is 22.1. The van der Waals surface area contributed by atoms with Gasteiger partial charge in [-0.2, -0.15) is 0 Å². The number of rotatable bonds is 12. The minimum absolute atomic E-state index is 0.0176. The van der Waals surface area contributed by atoms with Crippen molar-refractivity contribution >= 4 is 41.3 Å². The first kappa shape index (κ1) is 43.1. The molecule has 15 heteroatoms. The zero-order chi connectivity index (χ0) is 46.4. The maximum Gasteiger partial charge on any atom is 0.325 e. The van der Waals surface area contributed by atoms with Crippen LogP contribution < -0.4 is 15.4 Å². The highest BCUT2D eigenvalue weighted by molar-refractivity contribution is 6.11. The van der Waals surface area contributed by atoms with Crippen LogP contribution in [-0.2, 0) is 48.4 Å². The Kier molecular flexibility index (Phi) is 11.3. The van der Waals surface area contributed by atoms with Crippen molar-refractivity contribution in [1.29, 1.82) is 0 Å². The lowest BCUT2D eigenvalue weighted by atomic mass is 9.65. The third kappa shape index (κ3) is 7.26. The quantitative estimate of drug-likeness (QED) is 0.0627. The molecule has 0 unspecified atom stereocenters. The molecule has 67 heavy (non-hydrogen) atoms. The van der Waals surface area contributed by atoms with E-state index in [1.807, 2.05) is 65.6 Å². The first-order valence-corrected chi connectivity index (χ1v) is 22.1. The molecule has 0 bridgehead atoms.